The third-order valence-electron chi connectivity index (χ3n) is 4.16. The van der Waals surface area contributed by atoms with Crippen molar-refractivity contribution in [2.75, 3.05) is 6.67 Å². The smallest absolute Gasteiger partial charge is 0.416 e. The van der Waals surface area contributed by atoms with Crippen LogP contribution in [0.1, 0.15) is 23.1 Å². The summed E-state index contributed by atoms with van der Waals surface area (Å²) in [5.41, 5.74) is -1.60. The summed E-state index contributed by atoms with van der Waals surface area (Å²) in [4.78, 5) is 46.9. The maximum atomic E-state index is 12.8. The van der Waals surface area contributed by atoms with E-state index in [-0.39, 0.29) is 17.7 Å². The SMILES string of the molecule is O=C(O)CC(NC(=O)Cc1ccnn(Cc2cccc(C(F)(F)F)c2)c1=O)C(=O)CF. The van der Waals surface area contributed by atoms with Crippen LogP contribution in [0.4, 0.5) is 17.6 Å². The van der Waals surface area contributed by atoms with Gasteiger partial charge in [0.25, 0.3) is 5.56 Å². The first-order valence-electron chi connectivity index (χ1n) is 8.82. The van der Waals surface area contributed by atoms with Crippen LogP contribution >= 0.6 is 0 Å². The van der Waals surface area contributed by atoms with Crippen LogP contribution in [0.15, 0.2) is 41.3 Å². The van der Waals surface area contributed by atoms with Crippen molar-refractivity contribution in [3.8, 4) is 0 Å². The number of amides is 1. The van der Waals surface area contributed by atoms with Crippen molar-refractivity contribution in [1.82, 2.24) is 15.1 Å². The summed E-state index contributed by atoms with van der Waals surface area (Å²) in [6.45, 7) is -1.77. The highest BCUT2D eigenvalue weighted by Gasteiger charge is 2.30. The van der Waals surface area contributed by atoms with Crippen LogP contribution in [0.2, 0.25) is 0 Å². The van der Waals surface area contributed by atoms with E-state index in [1.165, 1.54) is 24.4 Å². The number of carbonyl (C=O) groups is 3. The number of hydrogen-bond donors (Lipinski definition) is 2. The van der Waals surface area contributed by atoms with Gasteiger partial charge >= 0.3 is 12.1 Å². The average Bonchev–Trinajstić information content (AvgIpc) is 2.69. The zero-order valence-corrected chi connectivity index (χ0v) is 15.9. The molecule has 0 bridgehead atoms. The van der Waals surface area contributed by atoms with E-state index in [4.69, 9.17) is 5.11 Å². The number of halogens is 4. The first-order chi connectivity index (χ1) is 14.5. The molecular weight excluding hydrogens is 426 g/mol. The van der Waals surface area contributed by atoms with Gasteiger partial charge in [-0.3, -0.25) is 19.2 Å². The number of ketones is 1. The van der Waals surface area contributed by atoms with Crippen molar-refractivity contribution in [2.24, 2.45) is 0 Å². The summed E-state index contributed by atoms with van der Waals surface area (Å²) in [5, 5.41) is 14.6. The first kappa shape index (κ1) is 23.7. The number of Topliss-reactive ketones (excluding diaryl/α,β-unsaturated/α-hetero) is 1. The molecule has 2 N–H and O–H groups in total. The highest BCUT2D eigenvalue weighted by atomic mass is 19.4. The molecule has 8 nitrogen and oxygen atoms in total. The number of carboxylic acid groups (broad SMARTS) is 1. The predicted octanol–water partition coefficient (Wildman–Crippen LogP) is 1.35. The van der Waals surface area contributed by atoms with E-state index in [0.717, 1.165) is 16.8 Å². The van der Waals surface area contributed by atoms with Crippen LogP contribution < -0.4 is 10.9 Å². The Morgan fingerprint density at radius 1 is 1.19 bits per heavy atom. The zero-order chi connectivity index (χ0) is 23.2. The molecule has 0 fully saturated rings. The second-order valence-corrected chi connectivity index (χ2v) is 6.51. The lowest BCUT2D eigenvalue weighted by molar-refractivity contribution is -0.140. The Morgan fingerprint density at radius 3 is 2.52 bits per heavy atom. The van der Waals surface area contributed by atoms with Gasteiger partial charge < -0.3 is 10.4 Å². The highest BCUT2D eigenvalue weighted by molar-refractivity contribution is 5.93. The monoisotopic (exact) mass is 443 g/mol. The topological polar surface area (TPSA) is 118 Å². The summed E-state index contributed by atoms with van der Waals surface area (Å²) in [7, 11) is 0. The number of alkyl halides is 4. The van der Waals surface area contributed by atoms with E-state index in [1.807, 2.05) is 0 Å². The van der Waals surface area contributed by atoms with Crippen molar-refractivity contribution >= 4 is 17.7 Å². The number of carboxylic acids is 1. The van der Waals surface area contributed by atoms with Crippen molar-refractivity contribution in [2.45, 2.75) is 31.6 Å². The standard InChI is InChI=1S/C19H17F4N3O5/c20-9-15(27)14(8-17(29)30)25-16(28)7-12-4-5-24-26(18(12)31)10-11-2-1-3-13(6-11)19(21,22)23/h1-6,14H,7-10H2,(H,25,28)(H,29,30). The van der Waals surface area contributed by atoms with Gasteiger partial charge in [-0.1, -0.05) is 12.1 Å². The Balaban J connectivity index is 2.17. The van der Waals surface area contributed by atoms with Crippen molar-refractivity contribution in [1.29, 1.82) is 0 Å². The van der Waals surface area contributed by atoms with Crippen molar-refractivity contribution in [3.05, 3.63) is 63.6 Å². The van der Waals surface area contributed by atoms with Crippen LogP contribution in [0.25, 0.3) is 0 Å². The van der Waals surface area contributed by atoms with Crippen LogP contribution in [0.3, 0.4) is 0 Å². The molecular formula is C19H17F4N3O5. The fourth-order valence-electron chi connectivity index (χ4n) is 2.69. The second kappa shape index (κ2) is 9.96. The molecule has 166 valence electrons. The van der Waals surface area contributed by atoms with Gasteiger partial charge in [-0.15, -0.1) is 0 Å². The van der Waals surface area contributed by atoms with E-state index >= 15 is 0 Å². The van der Waals surface area contributed by atoms with E-state index < -0.39 is 60.5 Å². The summed E-state index contributed by atoms with van der Waals surface area (Å²) < 4.78 is 52.0. The predicted molar refractivity (Wildman–Crippen MR) is 97.9 cm³/mol. The third-order valence-corrected chi connectivity index (χ3v) is 4.16. The summed E-state index contributed by atoms with van der Waals surface area (Å²) >= 11 is 0. The van der Waals surface area contributed by atoms with Crippen LogP contribution in [0.5, 0.6) is 0 Å². The van der Waals surface area contributed by atoms with Gasteiger partial charge in [-0.2, -0.15) is 18.3 Å². The molecule has 0 radical (unpaired) electrons. The van der Waals surface area contributed by atoms with Gasteiger partial charge in [0.15, 0.2) is 5.78 Å². The van der Waals surface area contributed by atoms with Gasteiger partial charge in [-0.25, -0.2) is 9.07 Å². The number of hydrogen-bond acceptors (Lipinski definition) is 5. The van der Waals surface area contributed by atoms with Gasteiger partial charge in [-0.05, 0) is 23.8 Å². The number of aromatic nitrogens is 2. The van der Waals surface area contributed by atoms with Gasteiger partial charge in [0.1, 0.15) is 12.7 Å². The van der Waals surface area contributed by atoms with E-state index in [9.17, 15) is 36.7 Å². The number of nitrogens with one attached hydrogen (secondary N) is 1. The minimum Gasteiger partial charge on any atom is -0.481 e. The Labute approximate surface area is 172 Å². The number of rotatable bonds is 9. The molecule has 0 aliphatic heterocycles. The Bertz CT molecular complexity index is 1040. The molecule has 0 spiro atoms. The summed E-state index contributed by atoms with van der Waals surface area (Å²) in [6, 6.07) is 3.92. The molecule has 2 rings (SSSR count). The van der Waals surface area contributed by atoms with Gasteiger partial charge in [0, 0.05) is 11.8 Å². The quantitative estimate of drug-likeness (QED) is 0.565. The number of benzene rings is 1. The average molecular weight is 443 g/mol. The highest BCUT2D eigenvalue weighted by Crippen LogP contribution is 2.29. The molecule has 12 heteroatoms. The largest absolute Gasteiger partial charge is 0.481 e. The first-order valence-corrected chi connectivity index (χ1v) is 8.82. The summed E-state index contributed by atoms with van der Waals surface area (Å²) in [6.07, 6.45) is -4.79. The van der Waals surface area contributed by atoms with E-state index in [1.54, 1.807) is 0 Å². The maximum Gasteiger partial charge on any atom is 0.416 e. The molecule has 1 aromatic heterocycles. The summed E-state index contributed by atoms with van der Waals surface area (Å²) in [5.74, 6) is -3.46. The molecule has 1 heterocycles. The number of nitrogens with zero attached hydrogens (tertiary/aromatic N) is 2. The van der Waals surface area contributed by atoms with Crippen LogP contribution in [-0.4, -0.2) is 45.3 Å². The van der Waals surface area contributed by atoms with Crippen molar-refractivity contribution < 1.29 is 37.1 Å². The maximum absolute atomic E-state index is 12.8. The molecule has 2 aromatic rings. The second-order valence-electron chi connectivity index (χ2n) is 6.51. The Hall–Kier alpha value is -3.57. The van der Waals surface area contributed by atoms with Crippen LogP contribution in [0, 0.1) is 0 Å². The molecule has 0 aliphatic rings. The molecule has 1 atom stereocenters. The molecule has 1 amide bonds. The molecule has 1 unspecified atom stereocenters. The lowest BCUT2D eigenvalue weighted by atomic mass is 10.1. The van der Waals surface area contributed by atoms with Gasteiger partial charge in [0.05, 0.1) is 24.9 Å². The zero-order valence-electron chi connectivity index (χ0n) is 15.9. The molecule has 0 saturated carbocycles. The Morgan fingerprint density at radius 2 is 1.90 bits per heavy atom. The van der Waals surface area contributed by atoms with E-state index in [2.05, 4.69) is 10.4 Å². The lowest BCUT2D eigenvalue weighted by Gasteiger charge is -2.14. The molecule has 0 aliphatic carbocycles. The van der Waals surface area contributed by atoms with Crippen LogP contribution in [-0.2, 0) is 33.5 Å². The number of aliphatic carboxylic acids is 1. The minimum absolute atomic E-state index is 0.0961. The normalized spacial score (nSPS) is 12.3. The fourth-order valence-corrected chi connectivity index (χ4v) is 2.69. The number of carbonyl (C=O) groups excluding carboxylic acids is 2. The Kier molecular flexibility index (Phi) is 7.61. The lowest BCUT2D eigenvalue weighted by Crippen LogP contribution is -2.44. The third kappa shape index (κ3) is 6.73. The van der Waals surface area contributed by atoms with E-state index in [0.29, 0.717) is 0 Å². The van der Waals surface area contributed by atoms with Gasteiger partial charge in [0.2, 0.25) is 5.91 Å². The molecule has 1 aromatic carbocycles. The fraction of sp³-hybridized carbons (Fsp3) is 0.316. The molecule has 31 heavy (non-hydrogen) atoms. The van der Waals surface area contributed by atoms with Crippen molar-refractivity contribution in [3.63, 3.8) is 0 Å². The molecule has 0 saturated heterocycles. The minimum atomic E-state index is -4.56.